The molecule has 0 bridgehead atoms. The van der Waals surface area contributed by atoms with E-state index in [2.05, 4.69) is 0 Å². The number of hydrogen-bond donors (Lipinski definition) is 1. The molecule has 1 aromatic carbocycles. The second-order valence-corrected chi connectivity index (χ2v) is 5.14. The zero-order valence-corrected chi connectivity index (χ0v) is 11.1. The summed E-state index contributed by atoms with van der Waals surface area (Å²) >= 11 is 6.01. The lowest BCUT2D eigenvalue weighted by Gasteiger charge is -2.47. The van der Waals surface area contributed by atoms with Crippen LogP contribution in [-0.2, 0) is 0 Å². The monoisotopic (exact) mass is 270 g/mol. The second-order valence-electron chi connectivity index (χ2n) is 4.73. The SMILES string of the molecule is CCC1(O)CN(c2c([N+](=O)[O-])ccc(Cl)c2C)C1. The van der Waals surface area contributed by atoms with Crippen LogP contribution in [0.15, 0.2) is 12.1 Å². The molecular formula is C12H15ClN2O3. The quantitative estimate of drug-likeness (QED) is 0.677. The summed E-state index contributed by atoms with van der Waals surface area (Å²) in [4.78, 5) is 12.4. The van der Waals surface area contributed by atoms with Gasteiger partial charge >= 0.3 is 0 Å². The summed E-state index contributed by atoms with van der Waals surface area (Å²) in [5.41, 5.74) is 0.507. The maximum absolute atomic E-state index is 11.0. The van der Waals surface area contributed by atoms with Crippen LogP contribution in [0.3, 0.4) is 0 Å². The zero-order chi connectivity index (χ0) is 13.5. The fraction of sp³-hybridized carbons (Fsp3) is 0.500. The van der Waals surface area contributed by atoms with Crippen molar-refractivity contribution in [1.82, 2.24) is 0 Å². The normalized spacial score (nSPS) is 17.4. The molecule has 1 aliphatic rings. The predicted octanol–water partition coefficient (Wildman–Crippen LogP) is 2.52. The van der Waals surface area contributed by atoms with Crippen LogP contribution in [0.2, 0.25) is 5.02 Å². The Kier molecular flexibility index (Phi) is 3.21. The Bertz CT molecular complexity index is 498. The lowest BCUT2D eigenvalue weighted by Crippen LogP contribution is -2.61. The van der Waals surface area contributed by atoms with Crippen LogP contribution >= 0.6 is 11.6 Å². The van der Waals surface area contributed by atoms with Crippen molar-refractivity contribution in [2.24, 2.45) is 0 Å². The van der Waals surface area contributed by atoms with Crippen LogP contribution in [-0.4, -0.2) is 28.7 Å². The van der Waals surface area contributed by atoms with Crippen LogP contribution in [0.25, 0.3) is 0 Å². The summed E-state index contributed by atoms with van der Waals surface area (Å²) in [5, 5.41) is 21.5. The van der Waals surface area contributed by atoms with E-state index in [4.69, 9.17) is 11.6 Å². The number of rotatable bonds is 3. The summed E-state index contributed by atoms with van der Waals surface area (Å²) in [7, 11) is 0. The van der Waals surface area contributed by atoms with Crippen molar-refractivity contribution in [3.8, 4) is 0 Å². The highest BCUT2D eigenvalue weighted by Gasteiger charge is 2.42. The van der Waals surface area contributed by atoms with Gasteiger partial charge in [0, 0.05) is 24.2 Å². The minimum Gasteiger partial charge on any atom is -0.386 e. The number of β-amino-alcohol motifs (C(OH)–C–C–N with tert-alkyl or cyclic N) is 1. The topological polar surface area (TPSA) is 66.6 Å². The number of anilines is 1. The molecule has 1 aromatic rings. The molecule has 0 amide bonds. The van der Waals surface area contributed by atoms with Gasteiger partial charge in [0.1, 0.15) is 5.69 Å². The Balaban J connectivity index is 2.39. The maximum Gasteiger partial charge on any atom is 0.292 e. The highest BCUT2D eigenvalue weighted by Crippen LogP contribution is 2.40. The molecule has 1 aliphatic heterocycles. The third kappa shape index (κ3) is 2.04. The van der Waals surface area contributed by atoms with Crippen molar-refractivity contribution in [3.63, 3.8) is 0 Å². The van der Waals surface area contributed by atoms with Gasteiger partial charge in [0.05, 0.1) is 10.5 Å². The number of nitrogens with zero attached hydrogens (tertiary/aromatic N) is 2. The minimum atomic E-state index is -0.734. The summed E-state index contributed by atoms with van der Waals surface area (Å²) < 4.78 is 0. The highest BCUT2D eigenvalue weighted by atomic mass is 35.5. The van der Waals surface area contributed by atoms with Crippen LogP contribution in [0, 0.1) is 17.0 Å². The lowest BCUT2D eigenvalue weighted by molar-refractivity contribution is -0.384. The van der Waals surface area contributed by atoms with E-state index >= 15 is 0 Å². The predicted molar refractivity (Wildman–Crippen MR) is 70.3 cm³/mol. The first-order valence-corrected chi connectivity index (χ1v) is 6.16. The van der Waals surface area contributed by atoms with Crippen molar-refractivity contribution < 1.29 is 10.0 Å². The van der Waals surface area contributed by atoms with E-state index in [1.54, 1.807) is 6.92 Å². The first-order valence-electron chi connectivity index (χ1n) is 5.79. The summed E-state index contributed by atoms with van der Waals surface area (Å²) in [6.07, 6.45) is 0.636. The van der Waals surface area contributed by atoms with E-state index in [0.717, 1.165) is 0 Å². The van der Waals surface area contributed by atoms with E-state index < -0.39 is 10.5 Å². The zero-order valence-electron chi connectivity index (χ0n) is 10.3. The van der Waals surface area contributed by atoms with E-state index in [1.165, 1.54) is 12.1 Å². The molecule has 0 spiro atoms. The maximum atomic E-state index is 11.0. The van der Waals surface area contributed by atoms with Crippen LogP contribution < -0.4 is 4.90 Å². The molecule has 0 saturated carbocycles. The van der Waals surface area contributed by atoms with Gasteiger partial charge in [0.15, 0.2) is 0 Å². The van der Waals surface area contributed by atoms with Gasteiger partial charge < -0.3 is 10.0 Å². The number of aliphatic hydroxyl groups is 1. The average molecular weight is 271 g/mol. The molecule has 5 nitrogen and oxygen atoms in total. The number of hydrogen-bond acceptors (Lipinski definition) is 4. The molecule has 18 heavy (non-hydrogen) atoms. The smallest absolute Gasteiger partial charge is 0.292 e. The van der Waals surface area contributed by atoms with Gasteiger partial charge in [0.2, 0.25) is 0 Å². The van der Waals surface area contributed by atoms with E-state index in [9.17, 15) is 15.2 Å². The first-order chi connectivity index (χ1) is 8.38. The molecule has 0 aliphatic carbocycles. The summed E-state index contributed by atoms with van der Waals surface area (Å²) in [6, 6.07) is 2.94. The number of nitro groups is 1. The van der Waals surface area contributed by atoms with Crippen molar-refractivity contribution in [3.05, 3.63) is 32.8 Å². The highest BCUT2D eigenvalue weighted by molar-refractivity contribution is 6.31. The molecule has 1 fully saturated rings. The van der Waals surface area contributed by atoms with E-state index in [1.807, 2.05) is 11.8 Å². The Labute approximate surface area is 110 Å². The number of halogens is 1. The van der Waals surface area contributed by atoms with Gasteiger partial charge in [-0.15, -0.1) is 0 Å². The molecule has 98 valence electrons. The second kappa shape index (κ2) is 4.40. The standard InChI is InChI=1S/C12H15ClN2O3/c1-3-12(16)6-14(7-12)11-8(2)9(13)4-5-10(11)15(17)18/h4-5,16H,3,6-7H2,1-2H3. The largest absolute Gasteiger partial charge is 0.386 e. The van der Waals surface area contributed by atoms with Crippen molar-refractivity contribution >= 4 is 23.0 Å². The Morgan fingerprint density at radius 2 is 2.17 bits per heavy atom. The lowest BCUT2D eigenvalue weighted by atomic mass is 9.90. The van der Waals surface area contributed by atoms with Gasteiger partial charge in [-0.1, -0.05) is 18.5 Å². The molecule has 1 N–H and O–H groups in total. The van der Waals surface area contributed by atoms with Crippen LogP contribution in [0.1, 0.15) is 18.9 Å². The Hall–Kier alpha value is -1.33. The van der Waals surface area contributed by atoms with Gasteiger partial charge in [-0.3, -0.25) is 10.1 Å². The number of nitro benzene ring substituents is 1. The number of benzene rings is 1. The van der Waals surface area contributed by atoms with Crippen molar-refractivity contribution in [2.75, 3.05) is 18.0 Å². The third-order valence-corrected chi connectivity index (χ3v) is 3.89. The molecule has 0 unspecified atom stereocenters. The van der Waals surface area contributed by atoms with Crippen LogP contribution in [0.5, 0.6) is 0 Å². The fourth-order valence-corrected chi connectivity index (χ4v) is 2.41. The van der Waals surface area contributed by atoms with E-state index in [-0.39, 0.29) is 5.69 Å². The molecule has 0 atom stereocenters. The van der Waals surface area contributed by atoms with Gasteiger partial charge in [-0.05, 0) is 25.0 Å². The first kappa shape index (κ1) is 13.1. The Morgan fingerprint density at radius 1 is 1.56 bits per heavy atom. The molecular weight excluding hydrogens is 256 g/mol. The average Bonchev–Trinajstić information content (AvgIpc) is 2.28. The fourth-order valence-electron chi connectivity index (χ4n) is 2.25. The van der Waals surface area contributed by atoms with Gasteiger partial charge in [-0.25, -0.2) is 0 Å². The molecule has 1 saturated heterocycles. The van der Waals surface area contributed by atoms with E-state index in [0.29, 0.717) is 35.8 Å². The van der Waals surface area contributed by atoms with Gasteiger partial charge in [-0.2, -0.15) is 0 Å². The van der Waals surface area contributed by atoms with Gasteiger partial charge in [0.25, 0.3) is 5.69 Å². The molecule has 6 heteroatoms. The molecule has 2 rings (SSSR count). The molecule has 0 aromatic heterocycles. The third-order valence-electron chi connectivity index (χ3n) is 3.48. The van der Waals surface area contributed by atoms with Crippen molar-refractivity contribution in [1.29, 1.82) is 0 Å². The van der Waals surface area contributed by atoms with Crippen LogP contribution in [0.4, 0.5) is 11.4 Å². The minimum absolute atomic E-state index is 0.0371. The molecule has 1 heterocycles. The van der Waals surface area contributed by atoms with Crippen molar-refractivity contribution in [2.45, 2.75) is 25.9 Å². The summed E-state index contributed by atoms with van der Waals surface area (Å²) in [6.45, 7) is 4.47. The molecule has 0 radical (unpaired) electrons. The summed E-state index contributed by atoms with van der Waals surface area (Å²) in [5.74, 6) is 0. The Morgan fingerprint density at radius 3 is 2.67 bits per heavy atom.